The fraction of sp³-hybridized carbons (Fsp3) is 0.875. The number of hydrogen-bond donors (Lipinski definition) is 2. The summed E-state index contributed by atoms with van der Waals surface area (Å²) in [4.78, 5) is 24.0. The number of nitrogens with zero attached hydrogens (tertiary/aromatic N) is 1. The first-order valence-electron chi connectivity index (χ1n) is 8.55. The van der Waals surface area contributed by atoms with E-state index in [1.807, 2.05) is 20.8 Å². The fourth-order valence-electron chi connectivity index (χ4n) is 4.36. The van der Waals surface area contributed by atoms with Crippen molar-refractivity contribution in [3.8, 4) is 0 Å². The molecule has 0 aromatic rings. The number of amides is 1. The van der Waals surface area contributed by atoms with E-state index in [9.17, 15) is 18.0 Å². The zero-order chi connectivity index (χ0) is 18.2. The van der Waals surface area contributed by atoms with Crippen LogP contribution in [0.4, 0.5) is 0 Å². The molecule has 2 fully saturated rings. The molecule has 0 heterocycles. The van der Waals surface area contributed by atoms with Gasteiger partial charge in [0.25, 0.3) is 5.91 Å². The molecular weight excluding hydrogens is 332 g/mol. The lowest BCUT2D eigenvalue weighted by Gasteiger charge is -2.37. The summed E-state index contributed by atoms with van der Waals surface area (Å²) < 4.78 is 27.0. The van der Waals surface area contributed by atoms with E-state index < -0.39 is 27.9 Å². The SMILES string of the molecule is CCCCN(CC(=O)NO)S(=O)(=O)CC12CCC(CC1=O)C2(C)C. The van der Waals surface area contributed by atoms with Gasteiger partial charge in [0, 0.05) is 18.4 Å². The van der Waals surface area contributed by atoms with E-state index in [1.54, 1.807) is 0 Å². The first kappa shape index (κ1) is 19.3. The molecule has 2 N–H and O–H groups in total. The van der Waals surface area contributed by atoms with Crippen molar-refractivity contribution in [2.45, 2.75) is 52.9 Å². The molecule has 0 spiro atoms. The van der Waals surface area contributed by atoms with Crippen molar-refractivity contribution in [3.63, 3.8) is 0 Å². The molecule has 8 heteroatoms. The van der Waals surface area contributed by atoms with Gasteiger partial charge >= 0.3 is 0 Å². The van der Waals surface area contributed by atoms with Gasteiger partial charge in [0.15, 0.2) is 0 Å². The van der Waals surface area contributed by atoms with E-state index in [-0.39, 0.29) is 29.4 Å². The number of carbonyl (C=O) groups is 2. The molecule has 0 aromatic heterocycles. The lowest BCUT2D eigenvalue weighted by atomic mass is 9.70. The van der Waals surface area contributed by atoms with Crippen LogP contribution in [0.2, 0.25) is 0 Å². The van der Waals surface area contributed by atoms with Crippen molar-refractivity contribution in [2.75, 3.05) is 18.8 Å². The highest BCUT2D eigenvalue weighted by Crippen LogP contribution is 2.64. The molecule has 2 aliphatic carbocycles. The predicted octanol–water partition coefficient (Wildman–Crippen LogP) is 1.32. The van der Waals surface area contributed by atoms with Crippen LogP contribution < -0.4 is 5.48 Å². The Balaban J connectivity index is 2.27. The van der Waals surface area contributed by atoms with Crippen LogP contribution in [0.3, 0.4) is 0 Å². The number of Topliss-reactive ketones (excluding diaryl/α,β-unsaturated/α-hetero) is 1. The summed E-state index contributed by atoms with van der Waals surface area (Å²) in [5.74, 6) is -0.738. The number of nitrogens with one attached hydrogen (secondary N) is 1. The summed E-state index contributed by atoms with van der Waals surface area (Å²) >= 11 is 0. The van der Waals surface area contributed by atoms with Crippen LogP contribution in [0.1, 0.15) is 52.9 Å². The molecule has 1 amide bonds. The monoisotopic (exact) mass is 360 g/mol. The Morgan fingerprint density at radius 2 is 2.08 bits per heavy atom. The number of rotatable bonds is 8. The zero-order valence-electron chi connectivity index (χ0n) is 14.7. The molecule has 2 unspecified atom stereocenters. The van der Waals surface area contributed by atoms with Crippen molar-refractivity contribution in [1.82, 2.24) is 9.79 Å². The fourth-order valence-corrected chi connectivity index (χ4v) is 6.56. The third kappa shape index (κ3) is 3.11. The molecule has 2 saturated carbocycles. The summed E-state index contributed by atoms with van der Waals surface area (Å²) in [6.07, 6.45) is 3.32. The topological polar surface area (TPSA) is 104 Å². The van der Waals surface area contributed by atoms with Crippen LogP contribution in [-0.2, 0) is 19.6 Å². The van der Waals surface area contributed by atoms with Crippen molar-refractivity contribution in [3.05, 3.63) is 0 Å². The lowest BCUT2D eigenvalue weighted by molar-refractivity contribution is -0.129. The van der Waals surface area contributed by atoms with Gasteiger partial charge in [0.05, 0.1) is 12.3 Å². The first-order chi connectivity index (χ1) is 11.1. The molecule has 2 bridgehead atoms. The van der Waals surface area contributed by atoms with E-state index in [0.29, 0.717) is 19.3 Å². The Hall–Kier alpha value is -0.990. The molecule has 0 saturated heterocycles. The van der Waals surface area contributed by atoms with E-state index in [4.69, 9.17) is 5.21 Å². The summed E-state index contributed by atoms with van der Waals surface area (Å²) in [5, 5.41) is 8.71. The van der Waals surface area contributed by atoms with E-state index in [2.05, 4.69) is 0 Å². The van der Waals surface area contributed by atoms with Gasteiger partial charge < -0.3 is 0 Å². The number of sulfonamides is 1. The van der Waals surface area contributed by atoms with Crippen molar-refractivity contribution in [2.24, 2.45) is 16.7 Å². The highest BCUT2D eigenvalue weighted by atomic mass is 32.2. The standard InChI is InChI=1S/C16H28N2O5S/c1-4-5-8-18(10-14(20)17-21)24(22,23)11-16-7-6-12(9-13(16)19)15(16,2)3/h12,21H,4-11H2,1-3H3,(H,17,20). The number of hydrogen-bond acceptors (Lipinski definition) is 5. The maximum atomic E-state index is 13.0. The minimum absolute atomic E-state index is 0.0365. The zero-order valence-corrected chi connectivity index (χ0v) is 15.5. The Morgan fingerprint density at radius 3 is 2.54 bits per heavy atom. The quantitative estimate of drug-likeness (QED) is 0.502. The lowest BCUT2D eigenvalue weighted by Crippen LogP contribution is -2.48. The van der Waals surface area contributed by atoms with Gasteiger partial charge in [-0.3, -0.25) is 14.8 Å². The van der Waals surface area contributed by atoms with Crippen molar-refractivity contribution >= 4 is 21.7 Å². The third-order valence-electron chi connectivity index (χ3n) is 6.17. The van der Waals surface area contributed by atoms with Gasteiger partial charge in [-0.15, -0.1) is 0 Å². The van der Waals surface area contributed by atoms with Crippen LogP contribution in [0.15, 0.2) is 0 Å². The van der Waals surface area contributed by atoms with E-state index in [1.165, 1.54) is 5.48 Å². The largest absolute Gasteiger partial charge is 0.299 e. The third-order valence-corrected chi connectivity index (χ3v) is 8.12. The second kappa shape index (κ2) is 6.72. The number of hydroxylamine groups is 1. The molecule has 0 aromatic carbocycles. The average Bonchev–Trinajstić information content (AvgIpc) is 2.84. The molecule has 7 nitrogen and oxygen atoms in total. The molecular formula is C16H28N2O5S. The highest BCUT2D eigenvalue weighted by Gasteiger charge is 2.65. The van der Waals surface area contributed by atoms with Crippen LogP contribution in [0.5, 0.6) is 0 Å². The van der Waals surface area contributed by atoms with Crippen molar-refractivity contribution in [1.29, 1.82) is 0 Å². The van der Waals surface area contributed by atoms with Gasteiger partial charge in [0.2, 0.25) is 10.0 Å². The molecule has 2 aliphatic rings. The minimum atomic E-state index is -3.79. The highest BCUT2D eigenvalue weighted by molar-refractivity contribution is 7.89. The maximum absolute atomic E-state index is 13.0. The summed E-state index contributed by atoms with van der Waals surface area (Å²) in [7, 11) is -3.79. The van der Waals surface area contributed by atoms with Crippen LogP contribution >= 0.6 is 0 Å². The van der Waals surface area contributed by atoms with Crippen LogP contribution in [0.25, 0.3) is 0 Å². The van der Waals surface area contributed by atoms with E-state index in [0.717, 1.165) is 17.1 Å². The summed E-state index contributed by atoms with van der Waals surface area (Å²) in [5.41, 5.74) is 0.291. The van der Waals surface area contributed by atoms with Gasteiger partial charge in [0.1, 0.15) is 5.78 Å². The summed E-state index contributed by atoms with van der Waals surface area (Å²) in [6, 6.07) is 0. The molecule has 0 aliphatic heterocycles. The second-order valence-electron chi connectivity index (χ2n) is 7.65. The number of unbranched alkanes of at least 4 members (excludes halogenated alkanes) is 1. The molecule has 0 radical (unpaired) electrons. The maximum Gasteiger partial charge on any atom is 0.258 e. The van der Waals surface area contributed by atoms with Gasteiger partial charge in [-0.2, -0.15) is 4.31 Å². The molecule has 2 atom stereocenters. The molecule has 2 rings (SSSR count). The van der Waals surface area contributed by atoms with Gasteiger partial charge in [-0.1, -0.05) is 27.2 Å². The Kier molecular flexibility index (Phi) is 5.42. The van der Waals surface area contributed by atoms with Crippen LogP contribution in [-0.4, -0.2) is 48.5 Å². The van der Waals surface area contributed by atoms with Crippen LogP contribution in [0, 0.1) is 16.7 Å². The smallest absolute Gasteiger partial charge is 0.258 e. The average molecular weight is 360 g/mol. The Bertz CT molecular complexity index is 616. The second-order valence-corrected chi connectivity index (χ2v) is 9.61. The Morgan fingerprint density at radius 1 is 1.42 bits per heavy atom. The minimum Gasteiger partial charge on any atom is -0.299 e. The molecule has 24 heavy (non-hydrogen) atoms. The normalized spacial score (nSPS) is 28.5. The van der Waals surface area contributed by atoms with Gasteiger partial charge in [-0.25, -0.2) is 13.9 Å². The number of fused-ring (bicyclic) bond motifs is 2. The van der Waals surface area contributed by atoms with Crippen molar-refractivity contribution < 1.29 is 23.2 Å². The Labute approximate surface area is 143 Å². The number of ketones is 1. The number of carbonyl (C=O) groups excluding carboxylic acids is 2. The molecule has 138 valence electrons. The first-order valence-corrected chi connectivity index (χ1v) is 10.2. The summed E-state index contributed by atoms with van der Waals surface area (Å²) in [6.45, 7) is 5.69. The predicted molar refractivity (Wildman–Crippen MR) is 88.8 cm³/mol. The van der Waals surface area contributed by atoms with Gasteiger partial charge in [-0.05, 0) is 30.6 Å². The van der Waals surface area contributed by atoms with E-state index >= 15 is 0 Å².